The third-order valence-corrected chi connectivity index (χ3v) is 6.24. The van der Waals surface area contributed by atoms with Crippen LogP contribution in [0.4, 0.5) is 4.39 Å². The van der Waals surface area contributed by atoms with E-state index >= 15 is 0 Å². The molecule has 134 valence electrons. The number of nitrogens with zero attached hydrogens (tertiary/aromatic N) is 1. The van der Waals surface area contributed by atoms with Crippen LogP contribution in [0.1, 0.15) is 27.7 Å². The molecule has 0 unspecified atom stereocenters. The van der Waals surface area contributed by atoms with Gasteiger partial charge >= 0.3 is 6.73 Å². The van der Waals surface area contributed by atoms with Gasteiger partial charge in [0.2, 0.25) is 0 Å². The Hall–Kier alpha value is -2.28. The highest BCUT2D eigenvalue weighted by atomic mass is 19.1. The molecule has 1 heterocycles. The summed E-state index contributed by atoms with van der Waals surface area (Å²) in [6.45, 7) is 16.8. The zero-order valence-electron chi connectivity index (χ0n) is 16.0. The second-order valence-electron chi connectivity index (χ2n) is 8.57. The summed E-state index contributed by atoms with van der Waals surface area (Å²) in [5, 5.41) is 0. The number of hydrogen-bond donors (Lipinski definition) is 0. The summed E-state index contributed by atoms with van der Waals surface area (Å²) < 4.78 is 19.4. The monoisotopic (exact) mass is 349 g/mol. The van der Waals surface area contributed by atoms with Gasteiger partial charge in [0.25, 0.3) is 0 Å². The van der Waals surface area contributed by atoms with Crippen molar-refractivity contribution in [2.24, 2.45) is 10.8 Å². The number of hydrogen-bond acceptors (Lipinski definition) is 1. The van der Waals surface area contributed by atoms with E-state index in [1.54, 1.807) is 6.07 Å². The van der Waals surface area contributed by atoms with Gasteiger partial charge in [0.15, 0.2) is 6.71 Å². The normalized spacial score (nSPS) is 17.8. The SMILES string of the molecule is [C-]#[N+]COc1cc(-c2cccc(F)c2)ccc1B1CC(C)(C)C(C)(C)C1. The minimum Gasteiger partial charge on any atom is -0.426 e. The largest absolute Gasteiger partial charge is 0.426 e. The van der Waals surface area contributed by atoms with Crippen LogP contribution >= 0.6 is 0 Å². The van der Waals surface area contributed by atoms with E-state index in [1.165, 1.54) is 12.1 Å². The molecule has 3 rings (SSSR count). The molecule has 0 radical (unpaired) electrons. The summed E-state index contributed by atoms with van der Waals surface area (Å²) in [4.78, 5) is 3.34. The van der Waals surface area contributed by atoms with Crippen LogP contribution in [0.25, 0.3) is 16.0 Å². The number of ether oxygens (including phenoxy) is 1. The lowest BCUT2D eigenvalue weighted by atomic mass is 9.42. The highest BCUT2D eigenvalue weighted by molar-refractivity contribution is 6.75. The molecule has 0 saturated carbocycles. The van der Waals surface area contributed by atoms with Crippen LogP contribution in [-0.4, -0.2) is 13.4 Å². The molecular formula is C22H25BFNO. The van der Waals surface area contributed by atoms with Crippen molar-refractivity contribution in [1.29, 1.82) is 0 Å². The van der Waals surface area contributed by atoms with Crippen molar-refractivity contribution in [1.82, 2.24) is 0 Å². The van der Waals surface area contributed by atoms with E-state index in [0.717, 1.165) is 35.0 Å². The lowest BCUT2D eigenvalue weighted by Crippen LogP contribution is -2.29. The minimum atomic E-state index is -0.255. The van der Waals surface area contributed by atoms with Crippen LogP contribution in [0.2, 0.25) is 12.6 Å². The first kappa shape index (κ1) is 18.5. The Morgan fingerprint density at radius 1 is 1.04 bits per heavy atom. The van der Waals surface area contributed by atoms with E-state index in [0.29, 0.717) is 6.71 Å². The minimum absolute atomic E-state index is 0.000883. The molecule has 0 bridgehead atoms. The predicted molar refractivity (Wildman–Crippen MR) is 106 cm³/mol. The molecule has 0 atom stereocenters. The topological polar surface area (TPSA) is 13.6 Å². The van der Waals surface area contributed by atoms with Crippen LogP contribution in [0, 0.1) is 23.2 Å². The molecular weight excluding hydrogens is 324 g/mol. The van der Waals surface area contributed by atoms with Crippen molar-refractivity contribution in [3.63, 3.8) is 0 Å². The summed E-state index contributed by atoms with van der Waals surface area (Å²) >= 11 is 0. The molecule has 1 aliphatic rings. The molecule has 0 N–H and O–H groups in total. The average Bonchev–Trinajstić information content (AvgIpc) is 2.80. The number of halogens is 1. The van der Waals surface area contributed by atoms with Crippen LogP contribution in [0.15, 0.2) is 42.5 Å². The average molecular weight is 349 g/mol. The van der Waals surface area contributed by atoms with E-state index in [4.69, 9.17) is 11.3 Å². The fraction of sp³-hybridized carbons (Fsp3) is 0.409. The molecule has 4 heteroatoms. The van der Waals surface area contributed by atoms with Gasteiger partial charge in [-0.3, -0.25) is 4.85 Å². The van der Waals surface area contributed by atoms with Crippen LogP contribution in [0.3, 0.4) is 0 Å². The Labute approximate surface area is 156 Å². The van der Waals surface area contributed by atoms with Gasteiger partial charge in [0.1, 0.15) is 11.6 Å². The van der Waals surface area contributed by atoms with Gasteiger partial charge < -0.3 is 4.74 Å². The Morgan fingerprint density at radius 3 is 2.31 bits per heavy atom. The first-order valence-corrected chi connectivity index (χ1v) is 9.09. The molecule has 2 aromatic carbocycles. The van der Waals surface area contributed by atoms with Crippen molar-refractivity contribution >= 4 is 12.2 Å². The van der Waals surface area contributed by atoms with E-state index in [2.05, 4.69) is 38.6 Å². The summed E-state index contributed by atoms with van der Waals surface area (Å²) in [5.41, 5.74) is 3.37. The van der Waals surface area contributed by atoms with Crippen molar-refractivity contribution in [3.8, 4) is 16.9 Å². The van der Waals surface area contributed by atoms with Crippen LogP contribution in [-0.2, 0) is 0 Å². The molecule has 1 saturated heterocycles. The molecule has 2 aromatic rings. The molecule has 26 heavy (non-hydrogen) atoms. The van der Waals surface area contributed by atoms with Gasteiger partial charge in [-0.25, -0.2) is 11.0 Å². The van der Waals surface area contributed by atoms with E-state index < -0.39 is 0 Å². The summed E-state index contributed by atoms with van der Waals surface area (Å²) in [7, 11) is 0. The molecule has 1 aliphatic heterocycles. The first-order chi connectivity index (χ1) is 12.2. The standard InChI is InChI=1S/C22H25BFNO/c1-21(2)13-23(14-22(21,3)4)19-10-9-17(12-20(19)26-15-25-5)16-7-6-8-18(24)11-16/h6-12H,13-15H2,1-4H3. The molecule has 0 aliphatic carbocycles. The predicted octanol–water partition coefficient (Wildman–Crippen LogP) is 5.52. The van der Waals surface area contributed by atoms with Crippen molar-refractivity contribution in [2.75, 3.05) is 6.73 Å². The van der Waals surface area contributed by atoms with Crippen molar-refractivity contribution in [3.05, 3.63) is 59.7 Å². The Morgan fingerprint density at radius 2 is 1.69 bits per heavy atom. The summed E-state index contributed by atoms with van der Waals surface area (Å²) in [6.07, 6.45) is 2.18. The van der Waals surface area contributed by atoms with Crippen LogP contribution in [0.5, 0.6) is 5.75 Å². The van der Waals surface area contributed by atoms with E-state index in [1.807, 2.05) is 18.2 Å². The number of rotatable bonds is 4. The Balaban J connectivity index is 2.00. The molecule has 0 spiro atoms. The van der Waals surface area contributed by atoms with Crippen molar-refractivity contribution in [2.45, 2.75) is 40.3 Å². The highest BCUT2D eigenvalue weighted by Gasteiger charge is 2.48. The maximum Gasteiger partial charge on any atom is 0.357 e. The fourth-order valence-electron chi connectivity index (χ4n) is 4.02. The Kier molecular flexibility index (Phi) is 4.84. The molecule has 0 amide bonds. The van der Waals surface area contributed by atoms with E-state index in [-0.39, 0.29) is 23.4 Å². The van der Waals surface area contributed by atoms with Gasteiger partial charge in [-0.1, -0.05) is 64.6 Å². The molecule has 1 fully saturated rings. The second kappa shape index (κ2) is 6.80. The summed E-state index contributed by atoms with van der Waals surface area (Å²) in [6, 6.07) is 12.6. The highest BCUT2D eigenvalue weighted by Crippen LogP contribution is 2.53. The van der Waals surface area contributed by atoms with Gasteiger partial charge in [0, 0.05) is 0 Å². The zero-order valence-corrected chi connectivity index (χ0v) is 16.0. The van der Waals surface area contributed by atoms with Gasteiger partial charge in [0.05, 0.1) is 0 Å². The maximum atomic E-state index is 13.6. The van der Waals surface area contributed by atoms with Gasteiger partial charge in [-0.15, -0.1) is 0 Å². The third kappa shape index (κ3) is 3.49. The lowest BCUT2D eigenvalue weighted by Gasteiger charge is -2.35. The smallest absolute Gasteiger partial charge is 0.357 e. The van der Waals surface area contributed by atoms with Gasteiger partial charge in [-0.2, -0.15) is 0 Å². The molecule has 2 nitrogen and oxygen atoms in total. The fourth-order valence-corrected chi connectivity index (χ4v) is 4.02. The first-order valence-electron chi connectivity index (χ1n) is 9.09. The van der Waals surface area contributed by atoms with Crippen LogP contribution < -0.4 is 10.2 Å². The zero-order chi connectivity index (χ0) is 18.9. The lowest BCUT2D eigenvalue weighted by molar-refractivity contribution is 0.177. The third-order valence-electron chi connectivity index (χ3n) is 6.24. The molecule has 0 aromatic heterocycles. The van der Waals surface area contributed by atoms with Gasteiger partial charge in [-0.05, 0) is 45.6 Å². The van der Waals surface area contributed by atoms with E-state index in [9.17, 15) is 4.39 Å². The Bertz CT molecular complexity index is 837. The maximum absolute atomic E-state index is 13.6. The second-order valence-corrected chi connectivity index (χ2v) is 8.57. The summed E-state index contributed by atoms with van der Waals surface area (Å²) in [5.74, 6) is 0.496. The van der Waals surface area contributed by atoms with Crippen molar-refractivity contribution < 1.29 is 9.13 Å². The quantitative estimate of drug-likeness (QED) is 0.524. The number of benzene rings is 2.